The minimum Gasteiger partial charge on any atom is -0.350 e. The first-order valence-electron chi connectivity index (χ1n) is 7.07. The lowest BCUT2D eigenvalue weighted by molar-refractivity contribution is 0.775. The molecular formula is C17H18N4. The van der Waals surface area contributed by atoms with Gasteiger partial charge in [-0.05, 0) is 17.7 Å². The molecule has 2 aromatic carbocycles. The minimum atomic E-state index is 0.585. The molecule has 4 heteroatoms. The van der Waals surface area contributed by atoms with Crippen LogP contribution in [0.3, 0.4) is 0 Å². The summed E-state index contributed by atoms with van der Waals surface area (Å²) in [6.07, 6.45) is 1.82. The second-order valence-electron chi connectivity index (χ2n) is 4.91. The molecule has 1 aromatic heterocycles. The number of hydrogen-bond donors (Lipinski definition) is 1. The summed E-state index contributed by atoms with van der Waals surface area (Å²) in [5, 5.41) is 0. The van der Waals surface area contributed by atoms with E-state index in [0.29, 0.717) is 6.54 Å². The van der Waals surface area contributed by atoms with Crippen LogP contribution in [0.5, 0.6) is 0 Å². The third-order valence-electron chi connectivity index (χ3n) is 3.38. The van der Waals surface area contributed by atoms with E-state index in [1.807, 2.05) is 48.7 Å². The molecule has 0 unspecified atom stereocenters. The molecule has 0 radical (unpaired) electrons. The van der Waals surface area contributed by atoms with Gasteiger partial charge in [-0.3, -0.25) is 4.98 Å². The fraction of sp³-hybridized carbons (Fsp3) is 0.176. The van der Waals surface area contributed by atoms with E-state index < -0.39 is 0 Å². The average Bonchev–Trinajstić information content (AvgIpc) is 2.55. The number of nitrogens with two attached hydrogens (primary N) is 1. The van der Waals surface area contributed by atoms with Crippen molar-refractivity contribution in [3.8, 4) is 0 Å². The number of aromatic nitrogens is 2. The van der Waals surface area contributed by atoms with Crippen molar-refractivity contribution in [1.82, 2.24) is 9.97 Å². The number of rotatable bonds is 5. The predicted molar refractivity (Wildman–Crippen MR) is 86.1 cm³/mol. The molecule has 21 heavy (non-hydrogen) atoms. The van der Waals surface area contributed by atoms with Crippen LogP contribution >= 0.6 is 0 Å². The zero-order chi connectivity index (χ0) is 14.5. The molecule has 3 rings (SSSR count). The van der Waals surface area contributed by atoms with Gasteiger partial charge >= 0.3 is 0 Å². The molecule has 0 amide bonds. The highest BCUT2D eigenvalue weighted by Crippen LogP contribution is 2.17. The zero-order valence-corrected chi connectivity index (χ0v) is 11.8. The van der Waals surface area contributed by atoms with Gasteiger partial charge in [0.05, 0.1) is 17.2 Å². The zero-order valence-electron chi connectivity index (χ0n) is 11.8. The first-order valence-corrected chi connectivity index (χ1v) is 7.07. The summed E-state index contributed by atoms with van der Waals surface area (Å²) in [6.45, 7) is 2.12. The largest absolute Gasteiger partial charge is 0.350 e. The number of nitrogens with zero attached hydrogens (tertiary/aromatic N) is 3. The lowest BCUT2D eigenvalue weighted by Gasteiger charge is -2.23. The number of benzene rings is 2. The Labute approximate surface area is 124 Å². The Balaban J connectivity index is 1.91. The molecule has 0 aliphatic carbocycles. The third-order valence-corrected chi connectivity index (χ3v) is 3.38. The van der Waals surface area contributed by atoms with Crippen molar-refractivity contribution in [2.45, 2.75) is 6.54 Å². The first kappa shape index (κ1) is 13.5. The topological polar surface area (TPSA) is 55.0 Å². The van der Waals surface area contributed by atoms with Gasteiger partial charge in [-0.15, -0.1) is 0 Å². The van der Waals surface area contributed by atoms with Crippen LogP contribution in [-0.2, 0) is 6.54 Å². The normalized spacial score (nSPS) is 10.7. The van der Waals surface area contributed by atoms with Crippen LogP contribution in [0.2, 0.25) is 0 Å². The molecular weight excluding hydrogens is 260 g/mol. The van der Waals surface area contributed by atoms with Gasteiger partial charge in [-0.25, -0.2) is 4.98 Å². The Morgan fingerprint density at radius 1 is 0.905 bits per heavy atom. The summed E-state index contributed by atoms with van der Waals surface area (Å²) < 4.78 is 0. The van der Waals surface area contributed by atoms with Crippen molar-refractivity contribution in [3.63, 3.8) is 0 Å². The van der Waals surface area contributed by atoms with Crippen LogP contribution in [-0.4, -0.2) is 23.1 Å². The van der Waals surface area contributed by atoms with E-state index in [4.69, 9.17) is 10.7 Å². The summed E-state index contributed by atoms with van der Waals surface area (Å²) in [6, 6.07) is 18.2. The summed E-state index contributed by atoms with van der Waals surface area (Å²) in [4.78, 5) is 11.3. The van der Waals surface area contributed by atoms with Crippen LogP contribution in [0.25, 0.3) is 11.0 Å². The Morgan fingerprint density at radius 3 is 2.38 bits per heavy atom. The van der Waals surface area contributed by atoms with E-state index in [0.717, 1.165) is 29.9 Å². The predicted octanol–water partition coefficient (Wildman–Crippen LogP) is 2.60. The van der Waals surface area contributed by atoms with Gasteiger partial charge in [-0.1, -0.05) is 42.5 Å². The molecule has 106 valence electrons. The average molecular weight is 278 g/mol. The Kier molecular flexibility index (Phi) is 4.07. The monoisotopic (exact) mass is 278 g/mol. The molecule has 0 saturated carbocycles. The second-order valence-corrected chi connectivity index (χ2v) is 4.91. The highest BCUT2D eigenvalue weighted by atomic mass is 15.2. The molecule has 2 N–H and O–H groups in total. The summed E-state index contributed by atoms with van der Waals surface area (Å²) in [7, 11) is 0. The standard InChI is InChI=1S/C17H18N4/c18-10-11-21(13-14-6-2-1-3-7-14)17-12-19-15-8-4-5-9-16(15)20-17/h1-9,12H,10-11,13,18H2. The summed E-state index contributed by atoms with van der Waals surface area (Å²) in [5.41, 5.74) is 8.80. The SMILES string of the molecule is NCCN(Cc1ccccc1)c1cnc2ccccc2n1. The summed E-state index contributed by atoms with van der Waals surface area (Å²) >= 11 is 0. The van der Waals surface area contributed by atoms with Crippen molar-refractivity contribution >= 4 is 16.9 Å². The van der Waals surface area contributed by atoms with E-state index in [9.17, 15) is 0 Å². The fourth-order valence-corrected chi connectivity index (χ4v) is 2.33. The maximum absolute atomic E-state index is 5.74. The van der Waals surface area contributed by atoms with Crippen LogP contribution < -0.4 is 10.6 Å². The fourth-order valence-electron chi connectivity index (χ4n) is 2.33. The molecule has 3 aromatic rings. The summed E-state index contributed by atoms with van der Waals surface area (Å²) in [5.74, 6) is 0.864. The van der Waals surface area contributed by atoms with Gasteiger partial charge in [0.15, 0.2) is 0 Å². The first-order chi connectivity index (χ1) is 10.4. The van der Waals surface area contributed by atoms with Gasteiger partial charge in [-0.2, -0.15) is 0 Å². The second kappa shape index (κ2) is 6.33. The Morgan fingerprint density at radius 2 is 1.62 bits per heavy atom. The molecule has 0 saturated heterocycles. The lowest BCUT2D eigenvalue weighted by atomic mass is 10.2. The van der Waals surface area contributed by atoms with Crippen molar-refractivity contribution < 1.29 is 0 Å². The van der Waals surface area contributed by atoms with Gasteiger partial charge < -0.3 is 10.6 Å². The maximum Gasteiger partial charge on any atom is 0.148 e. The number of para-hydroxylation sites is 2. The Hall–Kier alpha value is -2.46. The molecule has 0 aliphatic rings. The maximum atomic E-state index is 5.74. The van der Waals surface area contributed by atoms with E-state index in [-0.39, 0.29) is 0 Å². The Bertz CT molecular complexity index is 712. The molecule has 1 heterocycles. The van der Waals surface area contributed by atoms with E-state index in [1.165, 1.54) is 5.56 Å². The molecule has 0 bridgehead atoms. The number of hydrogen-bond acceptors (Lipinski definition) is 4. The van der Waals surface area contributed by atoms with Crippen molar-refractivity contribution in [1.29, 1.82) is 0 Å². The highest BCUT2D eigenvalue weighted by Gasteiger charge is 2.09. The van der Waals surface area contributed by atoms with Crippen LogP contribution in [0, 0.1) is 0 Å². The molecule has 0 aliphatic heterocycles. The van der Waals surface area contributed by atoms with Crippen LogP contribution in [0.15, 0.2) is 60.8 Å². The molecule has 4 nitrogen and oxygen atoms in total. The molecule has 0 fully saturated rings. The van der Waals surface area contributed by atoms with Crippen molar-refractivity contribution in [2.75, 3.05) is 18.0 Å². The van der Waals surface area contributed by atoms with E-state index in [1.54, 1.807) is 0 Å². The molecule has 0 atom stereocenters. The van der Waals surface area contributed by atoms with E-state index in [2.05, 4.69) is 22.0 Å². The minimum absolute atomic E-state index is 0.585. The molecule has 0 spiro atoms. The van der Waals surface area contributed by atoms with Gasteiger partial charge in [0.2, 0.25) is 0 Å². The van der Waals surface area contributed by atoms with E-state index >= 15 is 0 Å². The highest BCUT2D eigenvalue weighted by molar-refractivity contribution is 5.75. The van der Waals surface area contributed by atoms with Crippen LogP contribution in [0.4, 0.5) is 5.82 Å². The van der Waals surface area contributed by atoms with Gasteiger partial charge in [0.1, 0.15) is 5.82 Å². The quantitative estimate of drug-likeness (QED) is 0.779. The van der Waals surface area contributed by atoms with Crippen molar-refractivity contribution in [3.05, 3.63) is 66.4 Å². The lowest BCUT2D eigenvalue weighted by Crippen LogP contribution is -2.29. The number of anilines is 1. The smallest absolute Gasteiger partial charge is 0.148 e. The van der Waals surface area contributed by atoms with Gasteiger partial charge in [0, 0.05) is 19.6 Å². The number of fused-ring (bicyclic) bond motifs is 1. The van der Waals surface area contributed by atoms with Crippen molar-refractivity contribution in [2.24, 2.45) is 5.73 Å². The van der Waals surface area contributed by atoms with Gasteiger partial charge in [0.25, 0.3) is 0 Å². The van der Waals surface area contributed by atoms with Crippen LogP contribution in [0.1, 0.15) is 5.56 Å². The third kappa shape index (κ3) is 3.17.